The fourth-order valence-corrected chi connectivity index (χ4v) is 4.61. The molecule has 1 aliphatic heterocycles. The number of aryl methyl sites for hydroxylation is 1. The normalized spacial score (nSPS) is 17.7. The highest BCUT2D eigenvalue weighted by Gasteiger charge is 2.24. The molecule has 0 saturated heterocycles. The maximum atomic E-state index is 14.7. The molecule has 10 heteroatoms. The fraction of sp³-hybridized carbons (Fsp3) is 0.273. The van der Waals surface area contributed by atoms with Crippen molar-refractivity contribution in [1.82, 2.24) is 24.0 Å². The second-order valence-electron chi connectivity index (χ2n) is 10.1. The SMILES string of the molecule is C=C1/C=C(F)\C(F)=C/CCn2cc(-c3ccccc3OC)nc2CN1C(=O)Cc1cncn1CC(/C=C\C(C)C#N)=C/C. The number of hydrogen-bond donors (Lipinski definition) is 0. The Hall–Kier alpha value is -5.04. The summed E-state index contributed by atoms with van der Waals surface area (Å²) in [5, 5.41) is 9.08. The number of benzene rings is 1. The third-order valence-corrected chi connectivity index (χ3v) is 7.06. The minimum absolute atomic E-state index is 0.00465. The van der Waals surface area contributed by atoms with Crippen molar-refractivity contribution in [2.45, 2.75) is 46.3 Å². The Kier molecular flexibility index (Phi) is 10.2. The summed E-state index contributed by atoms with van der Waals surface area (Å²) in [5.74, 6) is -1.57. The van der Waals surface area contributed by atoms with E-state index in [0.29, 0.717) is 36.1 Å². The lowest BCUT2D eigenvalue weighted by atomic mass is 10.1. The highest BCUT2D eigenvalue weighted by molar-refractivity contribution is 5.80. The minimum Gasteiger partial charge on any atom is -0.496 e. The van der Waals surface area contributed by atoms with E-state index in [0.717, 1.165) is 17.2 Å². The van der Waals surface area contributed by atoms with Crippen molar-refractivity contribution in [1.29, 1.82) is 5.26 Å². The average molecular weight is 585 g/mol. The number of fused-ring (bicyclic) bond motifs is 1. The topological polar surface area (TPSA) is 89.0 Å². The third kappa shape index (κ3) is 7.63. The maximum Gasteiger partial charge on any atom is 0.233 e. The summed E-state index contributed by atoms with van der Waals surface area (Å²) in [6.07, 6.45) is 12.9. The van der Waals surface area contributed by atoms with Crippen LogP contribution < -0.4 is 4.74 Å². The molecule has 0 N–H and O–H groups in total. The van der Waals surface area contributed by atoms with Crippen LogP contribution in [0.2, 0.25) is 0 Å². The predicted octanol–water partition coefficient (Wildman–Crippen LogP) is 6.61. The first-order chi connectivity index (χ1) is 20.7. The van der Waals surface area contributed by atoms with Crippen LogP contribution in [0.25, 0.3) is 11.3 Å². The summed E-state index contributed by atoms with van der Waals surface area (Å²) in [4.78, 5) is 24.2. The molecule has 0 radical (unpaired) electrons. The summed E-state index contributed by atoms with van der Waals surface area (Å²) in [5.41, 5.74) is 2.95. The van der Waals surface area contributed by atoms with Gasteiger partial charge in [-0.3, -0.25) is 4.79 Å². The van der Waals surface area contributed by atoms with Crippen LogP contribution in [-0.2, 0) is 30.8 Å². The predicted molar refractivity (Wildman–Crippen MR) is 161 cm³/mol. The summed E-state index contributed by atoms with van der Waals surface area (Å²) in [6.45, 7) is 8.35. The largest absolute Gasteiger partial charge is 0.496 e. The Balaban J connectivity index is 1.66. The summed E-state index contributed by atoms with van der Waals surface area (Å²) in [7, 11) is 1.58. The van der Waals surface area contributed by atoms with E-state index in [9.17, 15) is 13.6 Å². The highest BCUT2D eigenvalue weighted by atomic mass is 19.2. The Morgan fingerprint density at radius 2 is 2.07 bits per heavy atom. The van der Waals surface area contributed by atoms with Crippen LogP contribution in [0, 0.1) is 17.2 Å². The van der Waals surface area contributed by atoms with Crippen molar-refractivity contribution < 1.29 is 18.3 Å². The van der Waals surface area contributed by atoms with Crippen LogP contribution in [0.15, 0.2) is 103 Å². The molecule has 0 bridgehead atoms. The van der Waals surface area contributed by atoms with E-state index in [1.165, 1.54) is 11.0 Å². The third-order valence-electron chi connectivity index (χ3n) is 7.06. The molecule has 0 aliphatic carbocycles. The molecule has 3 aromatic rings. The Morgan fingerprint density at radius 3 is 2.81 bits per heavy atom. The molecule has 8 nitrogen and oxygen atoms in total. The molecule has 1 amide bonds. The van der Waals surface area contributed by atoms with Crippen LogP contribution in [-0.4, -0.2) is 37.0 Å². The molecule has 3 heterocycles. The molecule has 2 aromatic heterocycles. The number of halogens is 2. The van der Waals surface area contributed by atoms with Gasteiger partial charge in [-0.1, -0.05) is 36.9 Å². The summed E-state index contributed by atoms with van der Waals surface area (Å²) in [6, 6.07) is 9.62. The standard InChI is InChI=1S/C33H34F2N6O2/c1-5-25(13-12-23(2)17-36)19-40-22-37-18-26(40)16-33(42)41-21-32-38-30(27-9-6-7-11-31(27)43-4)20-39(32)14-8-10-28(34)29(35)15-24(41)3/h5-7,9-13,15,18,20,22-23H,3,8,14,16,19,21H2,1-2,4H3/b13-12-,25-5+,28-10+,29-15+. The zero-order valence-corrected chi connectivity index (χ0v) is 24.5. The number of amides is 1. The number of allylic oxidation sites excluding steroid dienone is 8. The second kappa shape index (κ2) is 14.2. The van der Waals surface area contributed by atoms with Gasteiger partial charge < -0.3 is 18.8 Å². The lowest BCUT2D eigenvalue weighted by molar-refractivity contribution is -0.129. The molecular weight excluding hydrogens is 550 g/mol. The Bertz CT molecular complexity index is 1650. The van der Waals surface area contributed by atoms with E-state index in [1.54, 1.807) is 26.6 Å². The quantitative estimate of drug-likeness (QED) is 0.278. The second-order valence-corrected chi connectivity index (χ2v) is 10.1. The molecular formula is C33H34F2N6O2. The monoisotopic (exact) mass is 584 g/mol. The highest BCUT2D eigenvalue weighted by Crippen LogP contribution is 2.30. The number of carbonyl (C=O) groups is 1. The van der Waals surface area contributed by atoms with Crippen LogP contribution in [0.1, 0.15) is 31.8 Å². The van der Waals surface area contributed by atoms with Gasteiger partial charge in [0, 0.05) is 48.5 Å². The zero-order chi connectivity index (χ0) is 30.9. The molecule has 1 aromatic carbocycles. The first kappa shape index (κ1) is 30.9. The maximum absolute atomic E-state index is 14.7. The molecule has 43 heavy (non-hydrogen) atoms. The number of para-hydroxylation sites is 1. The van der Waals surface area contributed by atoms with Gasteiger partial charge in [-0.05, 0) is 44.1 Å². The summed E-state index contributed by atoms with van der Waals surface area (Å²) < 4.78 is 38.4. The lowest BCUT2D eigenvalue weighted by Crippen LogP contribution is -2.32. The van der Waals surface area contributed by atoms with Crippen molar-refractivity contribution in [3.8, 4) is 23.1 Å². The number of imidazole rings is 2. The van der Waals surface area contributed by atoms with Crippen LogP contribution in [0.4, 0.5) is 8.78 Å². The first-order valence-electron chi connectivity index (χ1n) is 13.9. The van der Waals surface area contributed by atoms with Gasteiger partial charge in [0.05, 0.1) is 44.1 Å². The number of nitriles is 1. The Morgan fingerprint density at radius 1 is 1.28 bits per heavy atom. The molecule has 1 atom stereocenters. The average Bonchev–Trinajstić information content (AvgIpc) is 3.62. The van der Waals surface area contributed by atoms with E-state index in [2.05, 4.69) is 17.6 Å². The van der Waals surface area contributed by atoms with E-state index in [4.69, 9.17) is 15.0 Å². The van der Waals surface area contributed by atoms with Gasteiger partial charge >= 0.3 is 0 Å². The van der Waals surface area contributed by atoms with E-state index >= 15 is 0 Å². The number of methoxy groups -OCH3 is 1. The van der Waals surface area contributed by atoms with Gasteiger partial charge in [0.2, 0.25) is 5.91 Å². The van der Waals surface area contributed by atoms with E-state index in [-0.39, 0.29) is 36.9 Å². The molecule has 0 fully saturated rings. The van der Waals surface area contributed by atoms with Crippen LogP contribution in [0.5, 0.6) is 5.75 Å². The fourth-order valence-electron chi connectivity index (χ4n) is 4.61. The van der Waals surface area contributed by atoms with Gasteiger partial charge in [0.15, 0.2) is 11.7 Å². The molecule has 222 valence electrons. The van der Waals surface area contributed by atoms with Gasteiger partial charge in [-0.25, -0.2) is 18.7 Å². The molecule has 4 rings (SSSR count). The molecule has 0 saturated carbocycles. The van der Waals surface area contributed by atoms with Crippen molar-refractivity contribution in [2.24, 2.45) is 5.92 Å². The molecule has 1 unspecified atom stereocenters. The number of ether oxygens (including phenoxy) is 1. The lowest BCUT2D eigenvalue weighted by Gasteiger charge is -2.23. The number of nitrogens with zero attached hydrogens (tertiary/aromatic N) is 6. The van der Waals surface area contributed by atoms with Crippen molar-refractivity contribution >= 4 is 5.91 Å². The number of rotatable bonds is 8. The van der Waals surface area contributed by atoms with E-state index < -0.39 is 11.7 Å². The minimum atomic E-state index is -1.10. The van der Waals surface area contributed by atoms with Gasteiger partial charge in [0.25, 0.3) is 0 Å². The van der Waals surface area contributed by atoms with E-state index in [1.807, 2.05) is 64.7 Å². The smallest absolute Gasteiger partial charge is 0.233 e. The molecule has 0 spiro atoms. The van der Waals surface area contributed by atoms with Gasteiger partial charge in [-0.15, -0.1) is 0 Å². The van der Waals surface area contributed by atoms with Crippen molar-refractivity contribution in [3.05, 3.63) is 114 Å². The number of carbonyl (C=O) groups excluding carboxylic acids is 1. The number of hydrogen-bond acceptors (Lipinski definition) is 5. The van der Waals surface area contributed by atoms with Crippen molar-refractivity contribution in [3.63, 3.8) is 0 Å². The van der Waals surface area contributed by atoms with Crippen molar-refractivity contribution in [2.75, 3.05) is 7.11 Å². The van der Waals surface area contributed by atoms with Crippen LogP contribution in [0.3, 0.4) is 0 Å². The first-order valence-corrected chi connectivity index (χ1v) is 13.9. The summed E-state index contributed by atoms with van der Waals surface area (Å²) >= 11 is 0. The molecule has 1 aliphatic rings. The zero-order valence-electron chi connectivity index (χ0n) is 24.5. The van der Waals surface area contributed by atoms with Crippen LogP contribution >= 0.6 is 0 Å². The Labute approximate surface area is 250 Å². The number of aromatic nitrogens is 4. The van der Waals surface area contributed by atoms with Gasteiger partial charge in [-0.2, -0.15) is 5.26 Å². The van der Waals surface area contributed by atoms with Gasteiger partial charge in [0.1, 0.15) is 11.6 Å².